The van der Waals surface area contributed by atoms with Crippen molar-refractivity contribution in [3.05, 3.63) is 59.0 Å². The fourth-order valence-corrected chi connectivity index (χ4v) is 2.93. The van der Waals surface area contributed by atoms with Crippen LogP contribution < -0.4 is 10.6 Å². The van der Waals surface area contributed by atoms with Crippen molar-refractivity contribution in [3.8, 4) is 0 Å². The van der Waals surface area contributed by atoms with E-state index >= 15 is 0 Å². The molecule has 2 heterocycles. The molecule has 1 unspecified atom stereocenters. The lowest BCUT2D eigenvalue weighted by Crippen LogP contribution is -2.30. The highest BCUT2D eigenvalue weighted by Crippen LogP contribution is 2.23. The number of hydrogen-bond acceptors (Lipinski definition) is 3. The van der Waals surface area contributed by atoms with Crippen LogP contribution in [0, 0.1) is 0 Å². The van der Waals surface area contributed by atoms with Gasteiger partial charge in [-0.1, -0.05) is 18.2 Å². The minimum atomic E-state index is -0.208. The summed E-state index contributed by atoms with van der Waals surface area (Å²) in [4.78, 5) is 17.3. The standard InChI is InChI=1S/C16H15N3OS/c1-11(15-6-3-9-21-15)18-16(20)19-14-5-2-4-12-10-17-8-7-13(12)14/h2-11H,1H3,(H2,18,19,20). The number of benzene rings is 1. The van der Waals surface area contributed by atoms with Gasteiger partial charge in [-0.25, -0.2) is 4.79 Å². The molecule has 106 valence electrons. The van der Waals surface area contributed by atoms with Crippen molar-refractivity contribution in [1.29, 1.82) is 0 Å². The largest absolute Gasteiger partial charge is 0.331 e. The molecule has 4 nitrogen and oxygen atoms in total. The van der Waals surface area contributed by atoms with E-state index in [-0.39, 0.29) is 12.1 Å². The number of thiophene rings is 1. The maximum Gasteiger partial charge on any atom is 0.319 e. The van der Waals surface area contributed by atoms with E-state index < -0.39 is 0 Å². The van der Waals surface area contributed by atoms with Crippen LogP contribution in [0.4, 0.5) is 10.5 Å². The van der Waals surface area contributed by atoms with Gasteiger partial charge in [-0.05, 0) is 30.5 Å². The second-order valence-corrected chi connectivity index (χ2v) is 5.72. The Hall–Kier alpha value is -2.40. The first kappa shape index (κ1) is 13.6. The third kappa shape index (κ3) is 3.03. The third-order valence-corrected chi connectivity index (χ3v) is 4.30. The Kier molecular flexibility index (Phi) is 3.83. The van der Waals surface area contributed by atoms with Crippen LogP contribution in [-0.4, -0.2) is 11.0 Å². The fourth-order valence-electron chi connectivity index (χ4n) is 2.20. The van der Waals surface area contributed by atoms with Crippen LogP contribution in [0.5, 0.6) is 0 Å². The number of carbonyl (C=O) groups is 1. The summed E-state index contributed by atoms with van der Waals surface area (Å²) in [5.41, 5.74) is 0.783. The number of amides is 2. The summed E-state index contributed by atoms with van der Waals surface area (Å²) in [6.07, 6.45) is 3.51. The molecule has 2 aromatic heterocycles. The molecule has 0 saturated heterocycles. The Morgan fingerprint density at radius 1 is 1.24 bits per heavy atom. The summed E-state index contributed by atoms with van der Waals surface area (Å²) in [7, 11) is 0. The van der Waals surface area contributed by atoms with Crippen LogP contribution in [0.25, 0.3) is 10.8 Å². The first-order valence-electron chi connectivity index (χ1n) is 6.68. The molecule has 0 saturated carbocycles. The first-order valence-corrected chi connectivity index (χ1v) is 7.55. The zero-order chi connectivity index (χ0) is 14.7. The molecular formula is C16H15N3OS. The number of pyridine rings is 1. The van der Waals surface area contributed by atoms with Crippen molar-refractivity contribution in [2.24, 2.45) is 0 Å². The topological polar surface area (TPSA) is 54.0 Å². The second-order valence-electron chi connectivity index (χ2n) is 4.74. The molecule has 0 bridgehead atoms. The van der Waals surface area contributed by atoms with Gasteiger partial charge in [0, 0.05) is 28.0 Å². The van der Waals surface area contributed by atoms with Gasteiger partial charge in [0.25, 0.3) is 0 Å². The van der Waals surface area contributed by atoms with Crippen molar-refractivity contribution >= 4 is 33.8 Å². The molecule has 0 aliphatic carbocycles. The van der Waals surface area contributed by atoms with Gasteiger partial charge in [-0.3, -0.25) is 4.98 Å². The predicted octanol–water partition coefficient (Wildman–Crippen LogP) is 4.18. The zero-order valence-corrected chi connectivity index (χ0v) is 12.4. The Morgan fingerprint density at radius 3 is 2.95 bits per heavy atom. The van der Waals surface area contributed by atoms with Crippen molar-refractivity contribution < 1.29 is 4.79 Å². The summed E-state index contributed by atoms with van der Waals surface area (Å²) in [5.74, 6) is 0. The van der Waals surface area contributed by atoms with Gasteiger partial charge in [0.05, 0.1) is 11.7 Å². The van der Waals surface area contributed by atoms with Gasteiger partial charge in [0.2, 0.25) is 0 Å². The van der Waals surface area contributed by atoms with Gasteiger partial charge in [-0.2, -0.15) is 0 Å². The smallest absolute Gasteiger partial charge is 0.319 e. The molecule has 2 amide bonds. The highest BCUT2D eigenvalue weighted by atomic mass is 32.1. The van der Waals surface area contributed by atoms with Crippen LogP contribution >= 0.6 is 11.3 Å². The molecule has 5 heteroatoms. The number of nitrogens with zero attached hydrogens (tertiary/aromatic N) is 1. The van der Waals surface area contributed by atoms with Gasteiger partial charge < -0.3 is 10.6 Å². The molecule has 0 radical (unpaired) electrons. The number of hydrogen-bond donors (Lipinski definition) is 2. The van der Waals surface area contributed by atoms with E-state index in [1.165, 1.54) is 0 Å². The summed E-state index contributed by atoms with van der Waals surface area (Å²) in [6.45, 7) is 1.97. The van der Waals surface area contributed by atoms with E-state index in [0.717, 1.165) is 21.3 Å². The van der Waals surface area contributed by atoms with E-state index in [0.29, 0.717) is 0 Å². The molecule has 2 N–H and O–H groups in total. The zero-order valence-electron chi connectivity index (χ0n) is 11.5. The van der Waals surface area contributed by atoms with Crippen molar-refractivity contribution in [2.45, 2.75) is 13.0 Å². The van der Waals surface area contributed by atoms with Crippen molar-refractivity contribution in [3.63, 3.8) is 0 Å². The third-order valence-electron chi connectivity index (χ3n) is 3.25. The van der Waals surface area contributed by atoms with Gasteiger partial charge >= 0.3 is 6.03 Å². The normalized spacial score (nSPS) is 12.0. The number of aromatic nitrogens is 1. The lowest BCUT2D eigenvalue weighted by molar-refractivity contribution is 0.249. The van der Waals surface area contributed by atoms with E-state index in [9.17, 15) is 4.79 Å². The average molecular weight is 297 g/mol. The summed E-state index contributed by atoms with van der Waals surface area (Å²) >= 11 is 1.63. The molecule has 0 fully saturated rings. The molecule has 1 aromatic carbocycles. The number of anilines is 1. The number of nitrogens with one attached hydrogen (secondary N) is 2. The Labute approximate surface area is 126 Å². The number of rotatable bonds is 3. The molecule has 21 heavy (non-hydrogen) atoms. The summed E-state index contributed by atoms with van der Waals surface area (Å²) < 4.78 is 0. The SMILES string of the molecule is CC(NC(=O)Nc1cccc2cnccc12)c1cccs1. The van der Waals surface area contributed by atoms with Crippen LogP contribution in [-0.2, 0) is 0 Å². The summed E-state index contributed by atoms with van der Waals surface area (Å²) in [5, 5.41) is 9.83. The molecular weight excluding hydrogens is 282 g/mol. The first-order chi connectivity index (χ1) is 10.2. The molecule has 3 aromatic rings. The Balaban J connectivity index is 1.75. The van der Waals surface area contributed by atoms with Crippen LogP contribution in [0.2, 0.25) is 0 Å². The van der Waals surface area contributed by atoms with Gasteiger partial charge in [0.15, 0.2) is 0 Å². The molecule has 0 aliphatic heterocycles. The van der Waals surface area contributed by atoms with Crippen LogP contribution in [0.3, 0.4) is 0 Å². The minimum absolute atomic E-state index is 0.0124. The van der Waals surface area contributed by atoms with Crippen LogP contribution in [0.1, 0.15) is 17.8 Å². The number of carbonyl (C=O) groups excluding carboxylic acids is 1. The number of fused-ring (bicyclic) bond motifs is 1. The Bertz CT molecular complexity index is 750. The van der Waals surface area contributed by atoms with Gasteiger partial charge in [-0.15, -0.1) is 11.3 Å². The van der Waals surface area contributed by atoms with Crippen molar-refractivity contribution in [1.82, 2.24) is 10.3 Å². The lowest BCUT2D eigenvalue weighted by atomic mass is 10.1. The highest BCUT2D eigenvalue weighted by molar-refractivity contribution is 7.10. The fraction of sp³-hybridized carbons (Fsp3) is 0.125. The number of urea groups is 1. The van der Waals surface area contributed by atoms with E-state index in [1.807, 2.05) is 48.7 Å². The lowest BCUT2D eigenvalue weighted by Gasteiger charge is -2.14. The van der Waals surface area contributed by atoms with E-state index in [4.69, 9.17) is 0 Å². The second kappa shape index (κ2) is 5.93. The van der Waals surface area contributed by atoms with Gasteiger partial charge in [0.1, 0.15) is 0 Å². The molecule has 0 spiro atoms. The highest BCUT2D eigenvalue weighted by Gasteiger charge is 2.11. The van der Waals surface area contributed by atoms with Crippen LogP contribution in [0.15, 0.2) is 54.2 Å². The Morgan fingerprint density at radius 2 is 2.14 bits per heavy atom. The maximum absolute atomic E-state index is 12.1. The summed E-state index contributed by atoms with van der Waals surface area (Å²) in [6, 6.07) is 11.4. The molecule has 3 rings (SSSR count). The maximum atomic E-state index is 12.1. The average Bonchev–Trinajstić information content (AvgIpc) is 3.02. The minimum Gasteiger partial charge on any atom is -0.331 e. The molecule has 1 atom stereocenters. The van der Waals surface area contributed by atoms with Crippen molar-refractivity contribution in [2.75, 3.05) is 5.32 Å². The monoisotopic (exact) mass is 297 g/mol. The van der Waals surface area contributed by atoms with E-state index in [1.54, 1.807) is 23.7 Å². The predicted molar refractivity (Wildman–Crippen MR) is 86.6 cm³/mol. The molecule has 0 aliphatic rings. The quantitative estimate of drug-likeness (QED) is 0.762. The van der Waals surface area contributed by atoms with E-state index in [2.05, 4.69) is 15.6 Å².